The maximum atomic E-state index is 12.9. The number of nitrogens with one attached hydrogen (secondary N) is 1. The van der Waals surface area contributed by atoms with E-state index < -0.39 is 0 Å². The lowest BCUT2D eigenvalue weighted by Crippen LogP contribution is -2.44. The normalized spacial score (nSPS) is 34.6. The van der Waals surface area contributed by atoms with Crippen LogP contribution >= 0.6 is 0 Å². The molecule has 3 heterocycles. The van der Waals surface area contributed by atoms with Crippen molar-refractivity contribution < 1.29 is 14.3 Å². The van der Waals surface area contributed by atoms with E-state index in [1.165, 1.54) is 0 Å². The van der Waals surface area contributed by atoms with Crippen LogP contribution in [-0.2, 0) is 14.3 Å². The third kappa shape index (κ3) is 3.42. The number of ether oxygens (including phenoxy) is 1. The van der Waals surface area contributed by atoms with Gasteiger partial charge in [-0.2, -0.15) is 0 Å². The first-order valence-corrected chi connectivity index (χ1v) is 10.7. The molecule has 6 nitrogen and oxygen atoms in total. The molecule has 1 aliphatic carbocycles. The SMILES string of the molecule is CCN(CC)CC(=O)NC[C@H]1[C@H]2CN(C(=O)C3CC=CC3)C[C@]23CC[C@H]1O3. The van der Waals surface area contributed by atoms with Gasteiger partial charge in [0.25, 0.3) is 0 Å². The Balaban J connectivity index is 1.35. The van der Waals surface area contributed by atoms with Crippen molar-refractivity contribution in [2.75, 3.05) is 39.3 Å². The summed E-state index contributed by atoms with van der Waals surface area (Å²) in [6.45, 7) is 8.60. The van der Waals surface area contributed by atoms with Gasteiger partial charge in [-0.1, -0.05) is 26.0 Å². The van der Waals surface area contributed by atoms with Gasteiger partial charge in [0.2, 0.25) is 11.8 Å². The lowest BCUT2D eigenvalue weighted by Gasteiger charge is -2.29. The maximum Gasteiger partial charge on any atom is 0.234 e. The van der Waals surface area contributed by atoms with E-state index in [9.17, 15) is 9.59 Å². The van der Waals surface area contributed by atoms with Gasteiger partial charge in [-0.3, -0.25) is 14.5 Å². The van der Waals surface area contributed by atoms with E-state index in [1.807, 2.05) is 0 Å². The molecule has 3 aliphatic heterocycles. The van der Waals surface area contributed by atoms with Crippen molar-refractivity contribution in [1.29, 1.82) is 0 Å². The van der Waals surface area contributed by atoms with E-state index in [1.54, 1.807) is 0 Å². The van der Waals surface area contributed by atoms with Crippen LogP contribution in [0.1, 0.15) is 39.5 Å². The number of fused-ring (bicyclic) bond motifs is 1. The zero-order valence-electron chi connectivity index (χ0n) is 16.7. The van der Waals surface area contributed by atoms with Crippen molar-refractivity contribution >= 4 is 11.8 Å². The molecule has 0 aromatic carbocycles. The molecule has 4 aliphatic rings. The third-order valence-corrected chi connectivity index (χ3v) is 7.25. The first-order chi connectivity index (χ1) is 13.1. The zero-order valence-corrected chi connectivity index (χ0v) is 16.7. The second kappa shape index (κ2) is 7.55. The topological polar surface area (TPSA) is 61.9 Å². The summed E-state index contributed by atoms with van der Waals surface area (Å²) in [5.74, 6) is 1.21. The molecule has 1 N–H and O–H groups in total. The molecular weight excluding hydrogens is 342 g/mol. The van der Waals surface area contributed by atoms with E-state index in [-0.39, 0.29) is 23.5 Å². The van der Waals surface area contributed by atoms with Crippen molar-refractivity contribution in [3.63, 3.8) is 0 Å². The van der Waals surface area contributed by atoms with Crippen molar-refractivity contribution in [3.8, 4) is 0 Å². The van der Waals surface area contributed by atoms with Gasteiger partial charge in [0, 0.05) is 30.8 Å². The van der Waals surface area contributed by atoms with Gasteiger partial charge < -0.3 is 15.0 Å². The maximum absolute atomic E-state index is 12.9. The molecule has 0 aromatic rings. The number of carbonyl (C=O) groups is 2. The number of allylic oxidation sites excluding steroid dienone is 2. The Kier molecular flexibility index (Phi) is 5.30. The summed E-state index contributed by atoms with van der Waals surface area (Å²) in [7, 11) is 0. The summed E-state index contributed by atoms with van der Waals surface area (Å²) in [6, 6.07) is 0. The fourth-order valence-electron chi connectivity index (χ4n) is 5.65. The van der Waals surface area contributed by atoms with Gasteiger partial charge in [-0.15, -0.1) is 0 Å². The molecule has 2 bridgehead atoms. The second-order valence-electron chi connectivity index (χ2n) is 8.65. The number of likely N-dealkylation sites (tertiary alicyclic amines) is 1. The Morgan fingerprint density at radius 2 is 2.00 bits per heavy atom. The highest BCUT2D eigenvalue weighted by Crippen LogP contribution is 2.54. The monoisotopic (exact) mass is 375 g/mol. The molecule has 2 amide bonds. The molecule has 4 atom stereocenters. The van der Waals surface area contributed by atoms with Gasteiger partial charge in [0.1, 0.15) is 0 Å². The van der Waals surface area contributed by atoms with Crippen LogP contribution in [0.5, 0.6) is 0 Å². The van der Waals surface area contributed by atoms with E-state index in [0.29, 0.717) is 30.8 Å². The van der Waals surface area contributed by atoms with Crippen LogP contribution in [0.2, 0.25) is 0 Å². The highest BCUT2D eigenvalue weighted by molar-refractivity contribution is 5.80. The summed E-state index contributed by atoms with van der Waals surface area (Å²) in [5.41, 5.74) is -0.152. The number of hydrogen-bond acceptors (Lipinski definition) is 4. The van der Waals surface area contributed by atoms with E-state index in [2.05, 4.69) is 41.1 Å². The molecule has 1 spiro atoms. The van der Waals surface area contributed by atoms with Crippen LogP contribution < -0.4 is 5.32 Å². The molecule has 0 radical (unpaired) electrons. The first-order valence-electron chi connectivity index (χ1n) is 10.7. The Labute approximate surface area is 162 Å². The predicted octanol–water partition coefficient (Wildman–Crippen LogP) is 1.42. The lowest BCUT2D eigenvalue weighted by atomic mass is 9.73. The quantitative estimate of drug-likeness (QED) is 0.684. The minimum Gasteiger partial charge on any atom is -0.369 e. The van der Waals surface area contributed by atoms with E-state index in [0.717, 1.165) is 51.9 Å². The average molecular weight is 376 g/mol. The first kappa shape index (κ1) is 18.9. The molecule has 150 valence electrons. The number of likely N-dealkylation sites (N-methyl/N-ethyl adjacent to an activating group) is 1. The van der Waals surface area contributed by atoms with Crippen molar-refractivity contribution in [1.82, 2.24) is 15.1 Å². The average Bonchev–Trinajstić information content (AvgIpc) is 3.44. The van der Waals surface area contributed by atoms with Crippen LogP contribution in [-0.4, -0.2) is 72.6 Å². The van der Waals surface area contributed by atoms with Crippen LogP contribution in [0.4, 0.5) is 0 Å². The number of rotatable bonds is 7. The molecule has 3 saturated heterocycles. The Morgan fingerprint density at radius 3 is 2.70 bits per heavy atom. The third-order valence-electron chi connectivity index (χ3n) is 7.25. The molecule has 6 heteroatoms. The molecule has 4 rings (SSSR count). The zero-order chi connectivity index (χ0) is 19.0. The van der Waals surface area contributed by atoms with Gasteiger partial charge in [-0.05, 0) is 38.8 Å². The molecule has 3 fully saturated rings. The second-order valence-corrected chi connectivity index (χ2v) is 8.65. The molecule has 27 heavy (non-hydrogen) atoms. The Morgan fingerprint density at radius 1 is 1.26 bits per heavy atom. The summed E-state index contributed by atoms with van der Waals surface area (Å²) in [6.07, 6.45) is 8.35. The van der Waals surface area contributed by atoms with Gasteiger partial charge >= 0.3 is 0 Å². The van der Waals surface area contributed by atoms with Crippen LogP contribution in [0, 0.1) is 17.8 Å². The fraction of sp³-hybridized carbons (Fsp3) is 0.810. The van der Waals surface area contributed by atoms with E-state index in [4.69, 9.17) is 4.74 Å². The number of amides is 2. The van der Waals surface area contributed by atoms with Crippen LogP contribution in [0.3, 0.4) is 0 Å². The van der Waals surface area contributed by atoms with Crippen LogP contribution in [0.15, 0.2) is 12.2 Å². The number of carbonyl (C=O) groups excluding carboxylic acids is 2. The molecule has 0 saturated carbocycles. The smallest absolute Gasteiger partial charge is 0.234 e. The minimum absolute atomic E-state index is 0.0958. The summed E-state index contributed by atoms with van der Waals surface area (Å²) in [4.78, 5) is 29.3. The van der Waals surface area contributed by atoms with Crippen molar-refractivity contribution in [3.05, 3.63) is 12.2 Å². The number of hydrogen-bond donors (Lipinski definition) is 1. The predicted molar refractivity (Wildman–Crippen MR) is 103 cm³/mol. The van der Waals surface area contributed by atoms with Crippen molar-refractivity contribution in [2.24, 2.45) is 17.8 Å². The van der Waals surface area contributed by atoms with Crippen molar-refractivity contribution in [2.45, 2.75) is 51.2 Å². The van der Waals surface area contributed by atoms with E-state index >= 15 is 0 Å². The minimum atomic E-state index is -0.152. The molecule has 0 unspecified atom stereocenters. The largest absolute Gasteiger partial charge is 0.369 e. The van der Waals surface area contributed by atoms with Gasteiger partial charge in [-0.25, -0.2) is 0 Å². The summed E-state index contributed by atoms with van der Waals surface area (Å²) in [5, 5.41) is 3.14. The van der Waals surface area contributed by atoms with Crippen LogP contribution in [0.25, 0.3) is 0 Å². The van der Waals surface area contributed by atoms with Gasteiger partial charge in [0.15, 0.2) is 0 Å². The number of nitrogens with zero attached hydrogens (tertiary/aromatic N) is 2. The lowest BCUT2D eigenvalue weighted by molar-refractivity contribution is -0.135. The Bertz CT molecular complexity index is 610. The highest BCUT2D eigenvalue weighted by Gasteiger charge is 2.63. The summed E-state index contributed by atoms with van der Waals surface area (Å²) < 4.78 is 6.42. The standard InChI is InChI=1S/C21H33N3O3/c1-3-23(4-2)13-19(25)22-11-16-17-12-24(20(26)15-7-5-6-8-15)14-21(17)10-9-18(16)27-21/h5-6,15-18H,3-4,7-14H2,1-2H3,(H,22,25)/t16-,17+,18+,21+/m0/s1. The highest BCUT2D eigenvalue weighted by atomic mass is 16.5. The Hall–Kier alpha value is -1.40. The fourth-order valence-corrected chi connectivity index (χ4v) is 5.65. The molecular formula is C21H33N3O3. The van der Waals surface area contributed by atoms with Gasteiger partial charge in [0.05, 0.1) is 24.8 Å². The molecule has 0 aromatic heterocycles. The summed E-state index contributed by atoms with van der Waals surface area (Å²) >= 11 is 0.